The SMILES string of the molecule is BrC(c1ccc2c(c1)OCCCO2)c1ccccc1I. The second kappa shape index (κ2) is 6.35. The Morgan fingerprint density at radius 1 is 1.00 bits per heavy atom. The average Bonchev–Trinajstić information content (AvgIpc) is 2.71. The lowest BCUT2D eigenvalue weighted by Gasteiger charge is -2.15. The first-order valence-electron chi connectivity index (χ1n) is 6.54. The van der Waals surface area contributed by atoms with Crippen molar-refractivity contribution in [2.24, 2.45) is 0 Å². The highest BCUT2D eigenvalue weighted by Gasteiger charge is 2.17. The Labute approximate surface area is 140 Å². The molecule has 0 saturated carbocycles. The smallest absolute Gasteiger partial charge is 0.161 e. The van der Waals surface area contributed by atoms with Crippen LogP contribution in [0.15, 0.2) is 42.5 Å². The summed E-state index contributed by atoms with van der Waals surface area (Å²) >= 11 is 6.16. The maximum absolute atomic E-state index is 5.76. The number of alkyl halides is 1. The Balaban J connectivity index is 1.94. The van der Waals surface area contributed by atoms with Crippen molar-refractivity contribution in [3.05, 3.63) is 57.2 Å². The summed E-state index contributed by atoms with van der Waals surface area (Å²) < 4.78 is 12.7. The number of rotatable bonds is 2. The number of benzene rings is 2. The van der Waals surface area contributed by atoms with E-state index in [1.165, 1.54) is 14.7 Å². The Bertz CT molecular complexity index is 615. The molecule has 0 aromatic heterocycles. The average molecular weight is 445 g/mol. The van der Waals surface area contributed by atoms with E-state index in [1.54, 1.807) is 0 Å². The second-order valence-corrected chi connectivity index (χ2v) is 6.72. The zero-order valence-corrected chi connectivity index (χ0v) is 14.6. The van der Waals surface area contributed by atoms with Gasteiger partial charge >= 0.3 is 0 Å². The van der Waals surface area contributed by atoms with Gasteiger partial charge in [-0.2, -0.15) is 0 Å². The maximum Gasteiger partial charge on any atom is 0.161 e. The third-order valence-electron chi connectivity index (χ3n) is 3.24. The second-order valence-electron chi connectivity index (χ2n) is 4.64. The van der Waals surface area contributed by atoms with Gasteiger partial charge in [0.05, 0.1) is 18.0 Å². The molecule has 0 saturated heterocycles. The van der Waals surface area contributed by atoms with Gasteiger partial charge in [-0.25, -0.2) is 0 Å². The first-order chi connectivity index (χ1) is 9.75. The quantitative estimate of drug-likeness (QED) is 0.482. The van der Waals surface area contributed by atoms with Gasteiger partial charge in [0.2, 0.25) is 0 Å². The van der Waals surface area contributed by atoms with E-state index in [9.17, 15) is 0 Å². The maximum atomic E-state index is 5.76. The molecule has 0 fully saturated rings. The molecule has 20 heavy (non-hydrogen) atoms. The normalized spacial score (nSPS) is 15.5. The molecule has 1 aliphatic rings. The van der Waals surface area contributed by atoms with Crippen LogP contribution >= 0.6 is 38.5 Å². The van der Waals surface area contributed by atoms with Crippen molar-refractivity contribution >= 4 is 38.5 Å². The van der Waals surface area contributed by atoms with Crippen LogP contribution in [0.2, 0.25) is 0 Å². The molecule has 2 nitrogen and oxygen atoms in total. The van der Waals surface area contributed by atoms with Gasteiger partial charge in [0.1, 0.15) is 0 Å². The van der Waals surface area contributed by atoms with Gasteiger partial charge in [-0.05, 0) is 51.9 Å². The number of ether oxygens (including phenoxy) is 2. The van der Waals surface area contributed by atoms with E-state index >= 15 is 0 Å². The summed E-state index contributed by atoms with van der Waals surface area (Å²) in [5.41, 5.74) is 2.45. The molecule has 4 heteroatoms. The Kier molecular flexibility index (Phi) is 4.51. The molecule has 1 aliphatic heterocycles. The van der Waals surface area contributed by atoms with Gasteiger partial charge in [-0.1, -0.05) is 40.2 Å². The van der Waals surface area contributed by atoms with Crippen LogP contribution in [0.25, 0.3) is 0 Å². The van der Waals surface area contributed by atoms with Crippen LogP contribution < -0.4 is 9.47 Å². The summed E-state index contributed by atoms with van der Waals surface area (Å²) in [7, 11) is 0. The van der Waals surface area contributed by atoms with E-state index in [1.807, 2.05) is 6.07 Å². The Morgan fingerprint density at radius 2 is 1.75 bits per heavy atom. The molecule has 1 unspecified atom stereocenters. The highest BCUT2D eigenvalue weighted by atomic mass is 127. The fourth-order valence-electron chi connectivity index (χ4n) is 2.20. The summed E-state index contributed by atoms with van der Waals surface area (Å²) in [5, 5.41) is 0. The van der Waals surface area contributed by atoms with Crippen molar-refractivity contribution < 1.29 is 9.47 Å². The van der Waals surface area contributed by atoms with Crippen LogP contribution in [0, 0.1) is 3.57 Å². The van der Waals surface area contributed by atoms with Crippen LogP contribution in [0.4, 0.5) is 0 Å². The molecular formula is C16H14BrIO2. The van der Waals surface area contributed by atoms with E-state index in [-0.39, 0.29) is 4.83 Å². The van der Waals surface area contributed by atoms with E-state index in [0.29, 0.717) is 6.61 Å². The van der Waals surface area contributed by atoms with Gasteiger partial charge in [0.15, 0.2) is 11.5 Å². The van der Waals surface area contributed by atoms with Crippen molar-refractivity contribution in [3.8, 4) is 11.5 Å². The van der Waals surface area contributed by atoms with E-state index in [0.717, 1.165) is 24.5 Å². The number of hydrogen-bond acceptors (Lipinski definition) is 2. The minimum Gasteiger partial charge on any atom is -0.490 e. The minimum absolute atomic E-state index is 0.160. The minimum atomic E-state index is 0.160. The number of fused-ring (bicyclic) bond motifs is 1. The summed E-state index contributed by atoms with van der Waals surface area (Å²) in [5.74, 6) is 1.68. The predicted molar refractivity (Wildman–Crippen MR) is 92.0 cm³/mol. The van der Waals surface area contributed by atoms with Crippen LogP contribution in [0.3, 0.4) is 0 Å². The van der Waals surface area contributed by atoms with E-state index in [4.69, 9.17) is 9.47 Å². The summed E-state index contributed by atoms with van der Waals surface area (Å²) in [6.45, 7) is 1.44. The lowest BCUT2D eigenvalue weighted by Crippen LogP contribution is -1.98. The molecular weight excluding hydrogens is 431 g/mol. The van der Waals surface area contributed by atoms with Gasteiger partial charge in [-0.15, -0.1) is 0 Å². The molecule has 0 N–H and O–H groups in total. The molecule has 104 valence electrons. The third kappa shape index (κ3) is 2.96. The molecule has 0 bridgehead atoms. The highest BCUT2D eigenvalue weighted by molar-refractivity contribution is 14.1. The zero-order chi connectivity index (χ0) is 13.9. The van der Waals surface area contributed by atoms with Crippen molar-refractivity contribution in [1.29, 1.82) is 0 Å². The van der Waals surface area contributed by atoms with Gasteiger partial charge in [-0.3, -0.25) is 0 Å². The fraction of sp³-hybridized carbons (Fsp3) is 0.250. The highest BCUT2D eigenvalue weighted by Crippen LogP contribution is 2.38. The first-order valence-corrected chi connectivity index (χ1v) is 8.53. The van der Waals surface area contributed by atoms with Crippen molar-refractivity contribution in [2.45, 2.75) is 11.2 Å². The summed E-state index contributed by atoms with van der Waals surface area (Å²) in [4.78, 5) is 0.160. The lowest BCUT2D eigenvalue weighted by atomic mass is 10.0. The number of halogens is 2. The third-order valence-corrected chi connectivity index (χ3v) is 5.25. The largest absolute Gasteiger partial charge is 0.490 e. The van der Waals surface area contributed by atoms with Crippen LogP contribution in [-0.4, -0.2) is 13.2 Å². The van der Waals surface area contributed by atoms with Crippen molar-refractivity contribution in [3.63, 3.8) is 0 Å². The lowest BCUT2D eigenvalue weighted by molar-refractivity contribution is 0.297. The monoisotopic (exact) mass is 444 g/mol. The predicted octanol–water partition coefficient (Wildman–Crippen LogP) is 4.94. The van der Waals surface area contributed by atoms with Crippen molar-refractivity contribution in [1.82, 2.24) is 0 Å². The van der Waals surface area contributed by atoms with Gasteiger partial charge in [0.25, 0.3) is 0 Å². The summed E-state index contributed by atoms with van der Waals surface area (Å²) in [6.07, 6.45) is 0.929. The summed E-state index contributed by atoms with van der Waals surface area (Å²) in [6, 6.07) is 14.5. The molecule has 2 aromatic rings. The fourth-order valence-corrected chi connectivity index (χ4v) is 4.01. The molecule has 0 radical (unpaired) electrons. The zero-order valence-electron chi connectivity index (χ0n) is 10.8. The molecule has 1 heterocycles. The molecule has 3 rings (SSSR count). The van der Waals surface area contributed by atoms with E-state index in [2.05, 4.69) is 74.9 Å². The van der Waals surface area contributed by atoms with E-state index < -0.39 is 0 Å². The Hall–Kier alpha value is -0.750. The van der Waals surface area contributed by atoms with Crippen LogP contribution in [-0.2, 0) is 0 Å². The molecule has 1 atom stereocenters. The molecule has 0 aliphatic carbocycles. The Morgan fingerprint density at radius 3 is 2.55 bits per heavy atom. The van der Waals surface area contributed by atoms with Crippen molar-refractivity contribution in [2.75, 3.05) is 13.2 Å². The first kappa shape index (κ1) is 14.2. The van der Waals surface area contributed by atoms with Crippen LogP contribution in [0.5, 0.6) is 11.5 Å². The topological polar surface area (TPSA) is 18.5 Å². The molecule has 2 aromatic carbocycles. The van der Waals surface area contributed by atoms with Crippen LogP contribution in [0.1, 0.15) is 22.4 Å². The standard InChI is InChI=1S/C16H14BrIO2/c17-16(12-4-1-2-5-13(12)18)11-6-7-14-15(10-11)20-9-3-8-19-14/h1-2,4-7,10,16H,3,8-9H2. The molecule has 0 amide bonds. The molecule has 0 spiro atoms. The number of hydrogen-bond donors (Lipinski definition) is 0. The van der Waals surface area contributed by atoms with Gasteiger partial charge < -0.3 is 9.47 Å². The van der Waals surface area contributed by atoms with Gasteiger partial charge in [0, 0.05) is 9.99 Å².